The maximum Gasteiger partial charge on any atom is 0.266 e. The van der Waals surface area contributed by atoms with Crippen molar-refractivity contribution in [3.8, 4) is 11.3 Å². The van der Waals surface area contributed by atoms with Crippen LogP contribution in [0.15, 0.2) is 64.1 Å². The van der Waals surface area contributed by atoms with E-state index < -0.39 is 0 Å². The minimum absolute atomic E-state index is 0.0845. The van der Waals surface area contributed by atoms with E-state index in [9.17, 15) is 9.59 Å². The third-order valence-corrected chi connectivity index (χ3v) is 4.57. The minimum Gasteiger partial charge on any atom is -0.326 e. The van der Waals surface area contributed by atoms with Crippen LogP contribution >= 0.6 is 15.9 Å². The van der Waals surface area contributed by atoms with Gasteiger partial charge in [-0.3, -0.25) is 14.6 Å². The fraction of sp³-hybridized carbons (Fsp3) is 0.200. The van der Waals surface area contributed by atoms with Gasteiger partial charge in [-0.25, -0.2) is 4.68 Å². The summed E-state index contributed by atoms with van der Waals surface area (Å²) in [6, 6.07) is 12.6. The molecule has 0 aliphatic rings. The van der Waals surface area contributed by atoms with Gasteiger partial charge in [-0.15, -0.1) is 0 Å². The molecule has 0 unspecified atom stereocenters. The van der Waals surface area contributed by atoms with Gasteiger partial charge in [0, 0.05) is 47.1 Å². The van der Waals surface area contributed by atoms with Crippen LogP contribution in [0.3, 0.4) is 0 Å². The number of rotatable bonds is 6. The number of amides is 1. The van der Waals surface area contributed by atoms with E-state index in [2.05, 4.69) is 31.3 Å². The Morgan fingerprint density at radius 2 is 1.93 bits per heavy atom. The lowest BCUT2D eigenvalue weighted by Crippen LogP contribution is -2.23. The third kappa shape index (κ3) is 5.10. The summed E-state index contributed by atoms with van der Waals surface area (Å²) in [6.07, 6.45) is 4.19. The zero-order chi connectivity index (χ0) is 19.2. The standard InChI is InChI=1S/C20H19BrN4O2/c1-14-13-16(21)4-5-17(14)23-19(26)3-2-12-25-20(27)7-6-18(24-25)15-8-10-22-11-9-15/h4-11,13H,2-3,12H2,1H3,(H,23,26). The van der Waals surface area contributed by atoms with Gasteiger partial charge < -0.3 is 5.32 Å². The van der Waals surface area contributed by atoms with E-state index in [-0.39, 0.29) is 11.5 Å². The highest BCUT2D eigenvalue weighted by Gasteiger charge is 2.07. The van der Waals surface area contributed by atoms with E-state index in [1.807, 2.05) is 37.3 Å². The van der Waals surface area contributed by atoms with Gasteiger partial charge in [0.1, 0.15) is 0 Å². The zero-order valence-electron chi connectivity index (χ0n) is 14.9. The van der Waals surface area contributed by atoms with Crippen molar-refractivity contribution in [3.63, 3.8) is 0 Å². The minimum atomic E-state index is -0.183. The number of nitrogens with one attached hydrogen (secondary N) is 1. The number of aryl methyl sites for hydroxylation is 2. The number of benzene rings is 1. The molecule has 1 N–H and O–H groups in total. The molecule has 0 saturated heterocycles. The molecule has 0 aliphatic carbocycles. The predicted octanol–water partition coefficient (Wildman–Crippen LogP) is 3.80. The molecule has 1 amide bonds. The quantitative estimate of drug-likeness (QED) is 0.650. The Hall–Kier alpha value is -2.80. The van der Waals surface area contributed by atoms with E-state index in [1.54, 1.807) is 18.5 Å². The van der Waals surface area contributed by atoms with Crippen molar-refractivity contribution in [1.29, 1.82) is 0 Å². The summed E-state index contributed by atoms with van der Waals surface area (Å²) in [5, 5.41) is 7.29. The second-order valence-corrected chi connectivity index (χ2v) is 7.04. The lowest BCUT2D eigenvalue weighted by atomic mass is 10.2. The fourth-order valence-electron chi connectivity index (χ4n) is 2.66. The van der Waals surface area contributed by atoms with Gasteiger partial charge in [-0.1, -0.05) is 15.9 Å². The molecule has 0 fully saturated rings. The highest BCUT2D eigenvalue weighted by atomic mass is 79.9. The molecule has 138 valence electrons. The Balaban J connectivity index is 1.60. The van der Waals surface area contributed by atoms with Crippen LogP contribution in [0.5, 0.6) is 0 Å². The van der Waals surface area contributed by atoms with E-state index in [0.29, 0.717) is 25.1 Å². The van der Waals surface area contributed by atoms with Crippen LogP contribution in [0.2, 0.25) is 0 Å². The van der Waals surface area contributed by atoms with Crippen LogP contribution in [-0.4, -0.2) is 20.7 Å². The Morgan fingerprint density at radius 3 is 2.67 bits per heavy atom. The summed E-state index contributed by atoms with van der Waals surface area (Å²) in [4.78, 5) is 28.2. The molecule has 0 saturated carbocycles. The van der Waals surface area contributed by atoms with Gasteiger partial charge in [0.15, 0.2) is 0 Å². The molecule has 6 nitrogen and oxygen atoms in total. The van der Waals surface area contributed by atoms with Gasteiger partial charge in [0.05, 0.1) is 5.69 Å². The van der Waals surface area contributed by atoms with E-state index in [1.165, 1.54) is 10.7 Å². The second-order valence-electron chi connectivity index (χ2n) is 6.13. The number of carbonyl (C=O) groups is 1. The Morgan fingerprint density at radius 1 is 1.15 bits per heavy atom. The number of hydrogen-bond acceptors (Lipinski definition) is 4. The lowest BCUT2D eigenvalue weighted by molar-refractivity contribution is -0.116. The number of nitrogens with zero attached hydrogens (tertiary/aromatic N) is 3. The lowest BCUT2D eigenvalue weighted by Gasteiger charge is -2.10. The van der Waals surface area contributed by atoms with Gasteiger partial charge >= 0.3 is 0 Å². The molecule has 0 radical (unpaired) electrons. The molecule has 1 aromatic carbocycles. The van der Waals surface area contributed by atoms with Crippen molar-refractivity contribution in [1.82, 2.24) is 14.8 Å². The van der Waals surface area contributed by atoms with Crippen molar-refractivity contribution in [2.24, 2.45) is 0 Å². The van der Waals surface area contributed by atoms with Crippen molar-refractivity contribution in [2.75, 3.05) is 5.32 Å². The Bertz CT molecular complexity index is 1000. The maximum atomic E-state index is 12.2. The first kappa shape index (κ1) is 19.0. The van der Waals surface area contributed by atoms with Crippen LogP contribution in [-0.2, 0) is 11.3 Å². The molecule has 7 heteroatoms. The predicted molar refractivity (Wildman–Crippen MR) is 108 cm³/mol. The van der Waals surface area contributed by atoms with Gasteiger partial charge in [0.2, 0.25) is 5.91 Å². The first-order valence-corrected chi connectivity index (χ1v) is 9.37. The molecule has 0 aliphatic heterocycles. The van der Waals surface area contributed by atoms with Crippen LogP contribution in [0, 0.1) is 6.92 Å². The van der Waals surface area contributed by atoms with Crippen LogP contribution in [0.4, 0.5) is 5.69 Å². The topological polar surface area (TPSA) is 76.9 Å². The van der Waals surface area contributed by atoms with E-state index in [0.717, 1.165) is 21.3 Å². The van der Waals surface area contributed by atoms with Gasteiger partial charge in [-0.2, -0.15) is 5.10 Å². The number of hydrogen-bond donors (Lipinski definition) is 1. The first-order valence-electron chi connectivity index (χ1n) is 8.57. The zero-order valence-corrected chi connectivity index (χ0v) is 16.4. The van der Waals surface area contributed by atoms with Gasteiger partial charge in [-0.05, 0) is 55.3 Å². The van der Waals surface area contributed by atoms with Crippen LogP contribution in [0.25, 0.3) is 11.3 Å². The molecule has 0 spiro atoms. The molecule has 3 aromatic rings. The molecule has 2 aromatic heterocycles. The molecule has 27 heavy (non-hydrogen) atoms. The molecular weight excluding hydrogens is 408 g/mol. The second kappa shape index (κ2) is 8.73. The average Bonchev–Trinajstić information content (AvgIpc) is 2.66. The largest absolute Gasteiger partial charge is 0.326 e. The smallest absolute Gasteiger partial charge is 0.266 e. The molecule has 3 rings (SSSR count). The van der Waals surface area contributed by atoms with E-state index >= 15 is 0 Å². The Kier molecular flexibility index (Phi) is 6.13. The van der Waals surface area contributed by atoms with Gasteiger partial charge in [0.25, 0.3) is 5.56 Å². The summed E-state index contributed by atoms with van der Waals surface area (Å²) in [6.45, 7) is 2.32. The van der Waals surface area contributed by atoms with Crippen molar-refractivity contribution in [3.05, 3.63) is 75.2 Å². The number of pyridine rings is 1. The fourth-order valence-corrected chi connectivity index (χ4v) is 3.13. The summed E-state index contributed by atoms with van der Waals surface area (Å²) in [5.74, 6) is -0.0845. The van der Waals surface area contributed by atoms with E-state index in [4.69, 9.17) is 0 Å². The molecule has 0 atom stereocenters. The monoisotopic (exact) mass is 426 g/mol. The summed E-state index contributed by atoms with van der Waals surface area (Å²) >= 11 is 3.40. The molecule has 0 bridgehead atoms. The molecular formula is C20H19BrN4O2. The SMILES string of the molecule is Cc1cc(Br)ccc1NC(=O)CCCn1nc(-c2ccncc2)ccc1=O. The summed E-state index contributed by atoms with van der Waals surface area (Å²) in [7, 11) is 0. The number of halogens is 1. The highest BCUT2D eigenvalue weighted by molar-refractivity contribution is 9.10. The van der Waals surface area contributed by atoms with Crippen LogP contribution in [0.1, 0.15) is 18.4 Å². The van der Waals surface area contributed by atoms with Crippen LogP contribution < -0.4 is 10.9 Å². The third-order valence-electron chi connectivity index (χ3n) is 4.08. The van der Waals surface area contributed by atoms with Crippen molar-refractivity contribution < 1.29 is 4.79 Å². The normalized spacial score (nSPS) is 10.6. The van der Waals surface area contributed by atoms with Crippen molar-refractivity contribution in [2.45, 2.75) is 26.3 Å². The van der Waals surface area contributed by atoms with Crippen molar-refractivity contribution >= 4 is 27.5 Å². The number of aromatic nitrogens is 3. The Labute approximate surface area is 165 Å². The number of carbonyl (C=O) groups excluding carboxylic acids is 1. The average molecular weight is 427 g/mol. The maximum absolute atomic E-state index is 12.2. The number of anilines is 1. The summed E-state index contributed by atoms with van der Waals surface area (Å²) < 4.78 is 2.37. The highest BCUT2D eigenvalue weighted by Crippen LogP contribution is 2.20. The first-order chi connectivity index (χ1) is 13.0. The summed E-state index contributed by atoms with van der Waals surface area (Å²) in [5.41, 5.74) is 3.19. The molecule has 2 heterocycles.